The van der Waals surface area contributed by atoms with Crippen molar-refractivity contribution in [2.45, 2.75) is 45.5 Å². The molecule has 0 aliphatic carbocycles. The lowest BCUT2D eigenvalue weighted by molar-refractivity contribution is 0.00578. The van der Waals surface area contributed by atoms with Crippen molar-refractivity contribution in [3.63, 3.8) is 0 Å². The van der Waals surface area contributed by atoms with Gasteiger partial charge in [-0.05, 0) is 49.5 Å². The predicted molar refractivity (Wildman–Crippen MR) is 90.4 cm³/mol. The zero-order chi connectivity index (χ0) is 16.0. The van der Waals surface area contributed by atoms with Crippen LogP contribution in [0.3, 0.4) is 0 Å². The number of fused-ring (bicyclic) bond motifs is 1. The van der Waals surface area contributed by atoms with Crippen LogP contribution in [-0.4, -0.2) is 25.4 Å². The Morgan fingerprint density at radius 1 is 0.955 bits per heavy atom. The van der Waals surface area contributed by atoms with Crippen LogP contribution >= 0.6 is 0 Å². The molecule has 1 aliphatic heterocycles. The summed E-state index contributed by atoms with van der Waals surface area (Å²) in [5.74, 6) is 0. The fraction of sp³-hybridized carbons (Fsp3) is 0.444. The summed E-state index contributed by atoms with van der Waals surface area (Å²) < 4.78 is 17.8. The fourth-order valence-electron chi connectivity index (χ4n) is 2.89. The molecule has 116 valence electrons. The molecule has 0 radical (unpaired) electrons. The Hall–Kier alpha value is -1.36. The maximum absolute atomic E-state index is 6.23. The van der Waals surface area contributed by atoms with E-state index in [4.69, 9.17) is 14.0 Å². The molecule has 0 spiro atoms. The van der Waals surface area contributed by atoms with E-state index >= 15 is 0 Å². The van der Waals surface area contributed by atoms with Crippen LogP contribution in [0.4, 0.5) is 0 Å². The van der Waals surface area contributed by atoms with Crippen molar-refractivity contribution in [2.24, 2.45) is 0 Å². The van der Waals surface area contributed by atoms with E-state index in [0.717, 1.165) is 11.0 Å². The number of rotatable bonds is 3. The first kappa shape index (κ1) is 15.5. The number of methoxy groups -OCH3 is 1. The number of hydrogen-bond acceptors (Lipinski definition) is 3. The maximum Gasteiger partial charge on any atom is 0.495 e. The van der Waals surface area contributed by atoms with Crippen LogP contribution in [0.25, 0.3) is 10.8 Å². The van der Waals surface area contributed by atoms with Crippen molar-refractivity contribution < 1.29 is 14.0 Å². The van der Waals surface area contributed by atoms with Crippen LogP contribution < -0.4 is 5.46 Å². The van der Waals surface area contributed by atoms with E-state index in [1.54, 1.807) is 7.11 Å². The van der Waals surface area contributed by atoms with Gasteiger partial charge in [0.15, 0.2) is 0 Å². The highest BCUT2D eigenvalue weighted by Gasteiger charge is 2.52. The van der Waals surface area contributed by atoms with Crippen LogP contribution in [0, 0.1) is 0 Å². The van der Waals surface area contributed by atoms with E-state index in [1.807, 2.05) is 0 Å². The highest BCUT2D eigenvalue weighted by atomic mass is 16.7. The first-order valence-corrected chi connectivity index (χ1v) is 7.71. The summed E-state index contributed by atoms with van der Waals surface area (Å²) in [4.78, 5) is 0. The Morgan fingerprint density at radius 3 is 2.14 bits per heavy atom. The summed E-state index contributed by atoms with van der Waals surface area (Å²) in [5.41, 5.74) is 1.56. The lowest BCUT2D eigenvalue weighted by atomic mass is 9.75. The molecular weight excluding hydrogens is 275 g/mol. The molecule has 0 saturated carbocycles. The van der Waals surface area contributed by atoms with Crippen LogP contribution in [0.5, 0.6) is 0 Å². The van der Waals surface area contributed by atoms with Crippen molar-refractivity contribution in [2.75, 3.05) is 7.11 Å². The quantitative estimate of drug-likeness (QED) is 0.814. The van der Waals surface area contributed by atoms with E-state index in [9.17, 15) is 0 Å². The minimum atomic E-state index is -0.355. The maximum atomic E-state index is 6.23. The fourth-order valence-corrected chi connectivity index (χ4v) is 2.89. The normalized spacial score (nSPS) is 19.8. The molecule has 0 bridgehead atoms. The summed E-state index contributed by atoms with van der Waals surface area (Å²) in [7, 11) is 1.36. The van der Waals surface area contributed by atoms with Crippen LogP contribution in [0.1, 0.15) is 33.3 Å². The third-order valence-electron chi connectivity index (χ3n) is 4.83. The lowest BCUT2D eigenvalue weighted by Crippen LogP contribution is -2.41. The average molecular weight is 298 g/mol. The first-order chi connectivity index (χ1) is 10.4. The van der Waals surface area contributed by atoms with Crippen molar-refractivity contribution >= 4 is 23.4 Å². The molecular formula is C18H23BO3. The summed E-state index contributed by atoms with van der Waals surface area (Å²) in [6, 6.07) is 12.5. The topological polar surface area (TPSA) is 27.7 Å². The minimum absolute atomic E-state index is 0.337. The Morgan fingerprint density at radius 2 is 1.55 bits per heavy atom. The molecule has 22 heavy (non-hydrogen) atoms. The molecule has 3 rings (SSSR count). The highest BCUT2D eigenvalue weighted by Crippen LogP contribution is 2.37. The summed E-state index contributed by atoms with van der Waals surface area (Å²) >= 11 is 0. The summed E-state index contributed by atoms with van der Waals surface area (Å²) in [5, 5.41) is 2.35. The van der Waals surface area contributed by atoms with Gasteiger partial charge < -0.3 is 14.0 Å². The third-order valence-corrected chi connectivity index (χ3v) is 4.83. The van der Waals surface area contributed by atoms with Gasteiger partial charge >= 0.3 is 7.12 Å². The predicted octanol–water partition coefficient (Wildman–Crippen LogP) is 3.29. The van der Waals surface area contributed by atoms with Crippen LogP contribution in [0.2, 0.25) is 0 Å². The second-order valence-corrected chi connectivity index (χ2v) is 6.88. The molecule has 1 heterocycles. The molecule has 0 N–H and O–H groups in total. The summed E-state index contributed by atoms with van der Waals surface area (Å²) in [6.45, 7) is 8.89. The largest absolute Gasteiger partial charge is 0.495 e. The third kappa shape index (κ3) is 2.45. The second kappa shape index (κ2) is 5.37. The monoisotopic (exact) mass is 298 g/mol. The SMILES string of the molecule is COCc1cccc2cccc(B3OC(C)(C)C(C)(C)O3)c12. The Kier molecular flexibility index (Phi) is 3.80. The highest BCUT2D eigenvalue weighted by molar-refractivity contribution is 6.65. The van der Waals surface area contributed by atoms with E-state index in [2.05, 4.69) is 64.1 Å². The van der Waals surface area contributed by atoms with Gasteiger partial charge in [-0.1, -0.05) is 36.4 Å². The molecule has 4 heteroatoms. The van der Waals surface area contributed by atoms with E-state index in [-0.39, 0.29) is 18.3 Å². The zero-order valence-electron chi connectivity index (χ0n) is 14.0. The molecule has 0 aromatic heterocycles. The molecule has 0 atom stereocenters. The van der Waals surface area contributed by atoms with E-state index in [0.29, 0.717) is 6.61 Å². The Bertz CT molecular complexity index is 673. The molecule has 0 amide bonds. The lowest BCUT2D eigenvalue weighted by Gasteiger charge is -2.32. The van der Waals surface area contributed by atoms with Gasteiger partial charge in [-0.15, -0.1) is 0 Å². The van der Waals surface area contributed by atoms with Gasteiger partial charge in [0.05, 0.1) is 17.8 Å². The first-order valence-electron chi connectivity index (χ1n) is 7.71. The number of ether oxygens (including phenoxy) is 1. The molecule has 0 unspecified atom stereocenters. The van der Waals surface area contributed by atoms with Gasteiger partial charge in [0, 0.05) is 7.11 Å². The minimum Gasteiger partial charge on any atom is -0.399 e. The molecule has 1 saturated heterocycles. The van der Waals surface area contributed by atoms with Gasteiger partial charge in [-0.2, -0.15) is 0 Å². The van der Waals surface area contributed by atoms with Crippen molar-refractivity contribution in [3.8, 4) is 0 Å². The smallest absolute Gasteiger partial charge is 0.399 e. The second-order valence-electron chi connectivity index (χ2n) is 6.88. The molecule has 2 aromatic rings. The number of benzene rings is 2. The van der Waals surface area contributed by atoms with Crippen LogP contribution in [-0.2, 0) is 20.7 Å². The van der Waals surface area contributed by atoms with E-state index < -0.39 is 0 Å². The standard InChI is InChI=1S/C18H23BO3/c1-17(2)18(3,4)22-19(21-17)15-11-7-9-13-8-6-10-14(12-20-5)16(13)15/h6-11H,12H2,1-5H3. The molecule has 1 fully saturated rings. The Balaban J connectivity index is 2.12. The van der Waals surface area contributed by atoms with Crippen molar-refractivity contribution in [1.82, 2.24) is 0 Å². The number of hydrogen-bond donors (Lipinski definition) is 0. The molecule has 3 nitrogen and oxygen atoms in total. The summed E-state index contributed by atoms with van der Waals surface area (Å²) in [6.07, 6.45) is 0. The molecule has 1 aliphatic rings. The van der Waals surface area contributed by atoms with Gasteiger partial charge in [-0.3, -0.25) is 0 Å². The Labute approximate surface area is 132 Å². The van der Waals surface area contributed by atoms with Crippen LogP contribution in [0.15, 0.2) is 36.4 Å². The van der Waals surface area contributed by atoms with Crippen molar-refractivity contribution in [1.29, 1.82) is 0 Å². The van der Waals surface area contributed by atoms with Gasteiger partial charge in [0.2, 0.25) is 0 Å². The average Bonchev–Trinajstić information content (AvgIpc) is 2.67. The van der Waals surface area contributed by atoms with Gasteiger partial charge in [-0.25, -0.2) is 0 Å². The van der Waals surface area contributed by atoms with E-state index in [1.165, 1.54) is 10.8 Å². The van der Waals surface area contributed by atoms with Gasteiger partial charge in [0.1, 0.15) is 0 Å². The van der Waals surface area contributed by atoms with Gasteiger partial charge in [0.25, 0.3) is 0 Å². The van der Waals surface area contributed by atoms with Crippen molar-refractivity contribution in [3.05, 3.63) is 42.0 Å². The molecule has 2 aromatic carbocycles. The zero-order valence-corrected chi connectivity index (χ0v) is 14.0.